The lowest BCUT2D eigenvalue weighted by atomic mass is 10.1. The molecule has 3 atom stereocenters. The van der Waals surface area contributed by atoms with Crippen LogP contribution < -0.4 is 5.32 Å². The van der Waals surface area contributed by atoms with E-state index >= 15 is 0 Å². The highest BCUT2D eigenvalue weighted by atomic mass is 16.5. The van der Waals surface area contributed by atoms with Crippen LogP contribution in [0.25, 0.3) is 0 Å². The summed E-state index contributed by atoms with van der Waals surface area (Å²) in [5.74, 6) is 0. The third kappa shape index (κ3) is 3.91. The lowest BCUT2D eigenvalue weighted by Crippen LogP contribution is -2.47. The molecule has 0 spiro atoms. The van der Waals surface area contributed by atoms with Gasteiger partial charge in [0.2, 0.25) is 0 Å². The summed E-state index contributed by atoms with van der Waals surface area (Å²) in [6.07, 6.45) is 3.27. The molecule has 0 saturated carbocycles. The summed E-state index contributed by atoms with van der Waals surface area (Å²) >= 11 is 0. The number of hydrogen-bond acceptors (Lipinski definition) is 4. The number of morpholine rings is 1. The van der Waals surface area contributed by atoms with Crippen LogP contribution in [0.5, 0.6) is 0 Å². The summed E-state index contributed by atoms with van der Waals surface area (Å²) in [7, 11) is 0. The number of hydrogen-bond donors (Lipinski definition) is 1. The van der Waals surface area contributed by atoms with Crippen molar-refractivity contribution < 1.29 is 9.47 Å². The Kier molecular flexibility index (Phi) is 5.22. The number of ether oxygens (including phenoxy) is 2. The molecule has 2 aliphatic rings. The van der Waals surface area contributed by atoms with Crippen molar-refractivity contribution in [3.8, 4) is 0 Å². The molecule has 0 bridgehead atoms. The quantitative estimate of drug-likeness (QED) is 0.775. The topological polar surface area (TPSA) is 33.7 Å². The Morgan fingerprint density at radius 2 is 2.12 bits per heavy atom. The smallest absolute Gasteiger partial charge is 0.0707 e. The molecule has 2 fully saturated rings. The van der Waals surface area contributed by atoms with E-state index in [4.69, 9.17) is 9.47 Å². The van der Waals surface area contributed by atoms with Crippen molar-refractivity contribution in [2.24, 2.45) is 0 Å². The third-order valence-corrected chi connectivity index (χ3v) is 3.76. The van der Waals surface area contributed by atoms with Crippen LogP contribution in [0.4, 0.5) is 0 Å². The molecule has 0 aromatic rings. The predicted octanol–water partition coefficient (Wildman–Crippen LogP) is 0.864. The van der Waals surface area contributed by atoms with E-state index in [0.717, 1.165) is 39.4 Å². The zero-order valence-electron chi connectivity index (χ0n) is 11.2. The Bertz CT molecular complexity index is 225. The highest BCUT2D eigenvalue weighted by Gasteiger charge is 2.28. The Morgan fingerprint density at radius 1 is 1.29 bits per heavy atom. The minimum absolute atomic E-state index is 0.427. The van der Waals surface area contributed by atoms with Crippen molar-refractivity contribution in [1.82, 2.24) is 10.2 Å². The molecule has 2 aliphatic heterocycles. The number of nitrogens with one attached hydrogen (secondary N) is 1. The van der Waals surface area contributed by atoms with Gasteiger partial charge in [-0.1, -0.05) is 6.92 Å². The first-order chi connectivity index (χ1) is 8.29. The molecule has 0 aromatic heterocycles. The maximum Gasteiger partial charge on any atom is 0.0707 e. The molecule has 4 heteroatoms. The van der Waals surface area contributed by atoms with Gasteiger partial charge in [-0.2, -0.15) is 0 Å². The van der Waals surface area contributed by atoms with Crippen LogP contribution in [0.15, 0.2) is 0 Å². The monoisotopic (exact) mass is 242 g/mol. The van der Waals surface area contributed by atoms with Gasteiger partial charge in [0, 0.05) is 25.7 Å². The fourth-order valence-corrected chi connectivity index (χ4v) is 2.66. The van der Waals surface area contributed by atoms with Crippen LogP contribution >= 0.6 is 0 Å². The Labute approximate surface area is 105 Å². The van der Waals surface area contributed by atoms with E-state index in [1.807, 2.05) is 0 Å². The molecular weight excluding hydrogens is 216 g/mol. The average molecular weight is 242 g/mol. The van der Waals surface area contributed by atoms with Gasteiger partial charge in [-0.15, -0.1) is 0 Å². The second-order valence-corrected chi connectivity index (χ2v) is 5.18. The molecule has 4 nitrogen and oxygen atoms in total. The predicted molar refractivity (Wildman–Crippen MR) is 68.3 cm³/mol. The molecule has 2 heterocycles. The van der Waals surface area contributed by atoms with E-state index in [1.54, 1.807) is 0 Å². The first-order valence-electron chi connectivity index (χ1n) is 6.97. The lowest BCUT2D eigenvalue weighted by Gasteiger charge is -2.34. The SMILES string of the molecule is CCNCC1CCC(CN2CCOCC2C)O1. The molecule has 2 rings (SSSR count). The summed E-state index contributed by atoms with van der Waals surface area (Å²) in [4.78, 5) is 2.50. The van der Waals surface area contributed by atoms with Gasteiger partial charge in [0.25, 0.3) is 0 Å². The normalized spacial score (nSPS) is 35.3. The van der Waals surface area contributed by atoms with Crippen LogP contribution in [0.3, 0.4) is 0 Å². The second-order valence-electron chi connectivity index (χ2n) is 5.18. The molecule has 1 N–H and O–H groups in total. The molecule has 3 unspecified atom stereocenters. The minimum Gasteiger partial charge on any atom is -0.379 e. The highest BCUT2D eigenvalue weighted by molar-refractivity contribution is 4.80. The van der Waals surface area contributed by atoms with E-state index in [9.17, 15) is 0 Å². The van der Waals surface area contributed by atoms with Crippen molar-refractivity contribution in [3.05, 3.63) is 0 Å². The number of nitrogens with zero attached hydrogens (tertiary/aromatic N) is 1. The van der Waals surface area contributed by atoms with Crippen LogP contribution in [-0.4, -0.2) is 62.5 Å². The van der Waals surface area contributed by atoms with Gasteiger partial charge in [0.05, 0.1) is 25.4 Å². The maximum atomic E-state index is 6.07. The van der Waals surface area contributed by atoms with Crippen molar-refractivity contribution in [3.63, 3.8) is 0 Å². The molecule has 0 aliphatic carbocycles. The summed E-state index contributed by atoms with van der Waals surface area (Å²) in [5, 5.41) is 3.36. The molecule has 0 aromatic carbocycles. The van der Waals surface area contributed by atoms with Gasteiger partial charge < -0.3 is 14.8 Å². The van der Waals surface area contributed by atoms with Gasteiger partial charge in [0.1, 0.15) is 0 Å². The standard InChI is InChI=1S/C13H26N2O2/c1-3-14-8-12-4-5-13(17-12)9-15-6-7-16-10-11(15)2/h11-14H,3-10H2,1-2H3. The van der Waals surface area contributed by atoms with E-state index in [0.29, 0.717) is 18.2 Å². The van der Waals surface area contributed by atoms with E-state index < -0.39 is 0 Å². The van der Waals surface area contributed by atoms with Crippen LogP contribution in [0.1, 0.15) is 26.7 Å². The number of likely N-dealkylation sites (N-methyl/N-ethyl adjacent to an activating group) is 1. The van der Waals surface area contributed by atoms with Crippen LogP contribution in [0, 0.1) is 0 Å². The van der Waals surface area contributed by atoms with Crippen LogP contribution in [0.2, 0.25) is 0 Å². The first-order valence-corrected chi connectivity index (χ1v) is 6.97. The van der Waals surface area contributed by atoms with Crippen molar-refractivity contribution >= 4 is 0 Å². The first kappa shape index (κ1) is 13.3. The van der Waals surface area contributed by atoms with Crippen LogP contribution in [-0.2, 0) is 9.47 Å². The highest BCUT2D eigenvalue weighted by Crippen LogP contribution is 2.21. The largest absolute Gasteiger partial charge is 0.379 e. The Hall–Kier alpha value is -0.160. The Balaban J connectivity index is 1.69. The number of rotatable bonds is 5. The Morgan fingerprint density at radius 3 is 2.88 bits per heavy atom. The molecular formula is C13H26N2O2. The molecule has 17 heavy (non-hydrogen) atoms. The minimum atomic E-state index is 0.427. The van der Waals surface area contributed by atoms with Crippen molar-refractivity contribution in [2.45, 2.75) is 44.9 Å². The second kappa shape index (κ2) is 6.69. The fourth-order valence-electron chi connectivity index (χ4n) is 2.66. The van der Waals surface area contributed by atoms with Crippen molar-refractivity contribution in [2.75, 3.05) is 39.4 Å². The zero-order valence-corrected chi connectivity index (χ0v) is 11.2. The maximum absolute atomic E-state index is 6.07. The lowest BCUT2D eigenvalue weighted by molar-refractivity contribution is -0.0355. The molecule has 2 saturated heterocycles. The van der Waals surface area contributed by atoms with Gasteiger partial charge in [0.15, 0.2) is 0 Å². The summed E-state index contributed by atoms with van der Waals surface area (Å²) in [5.41, 5.74) is 0. The molecule has 100 valence electrons. The fraction of sp³-hybridized carbons (Fsp3) is 1.00. The van der Waals surface area contributed by atoms with Gasteiger partial charge >= 0.3 is 0 Å². The molecule has 0 radical (unpaired) electrons. The molecule has 0 amide bonds. The third-order valence-electron chi connectivity index (χ3n) is 3.76. The summed E-state index contributed by atoms with van der Waals surface area (Å²) in [6, 6.07) is 0.542. The van der Waals surface area contributed by atoms with Gasteiger partial charge in [-0.3, -0.25) is 4.90 Å². The average Bonchev–Trinajstić information content (AvgIpc) is 2.77. The van der Waals surface area contributed by atoms with Gasteiger partial charge in [-0.05, 0) is 26.3 Å². The van der Waals surface area contributed by atoms with E-state index in [1.165, 1.54) is 12.8 Å². The van der Waals surface area contributed by atoms with Crippen molar-refractivity contribution in [1.29, 1.82) is 0 Å². The summed E-state index contributed by atoms with van der Waals surface area (Å²) < 4.78 is 11.5. The summed E-state index contributed by atoms with van der Waals surface area (Å²) in [6.45, 7) is 10.3. The zero-order chi connectivity index (χ0) is 12.1. The van der Waals surface area contributed by atoms with E-state index in [-0.39, 0.29) is 0 Å². The van der Waals surface area contributed by atoms with E-state index in [2.05, 4.69) is 24.1 Å². The van der Waals surface area contributed by atoms with Gasteiger partial charge in [-0.25, -0.2) is 0 Å².